The Morgan fingerprint density at radius 1 is 0.863 bits per heavy atom. The molecule has 5 aromatic rings. The molecule has 0 spiro atoms. The Hall–Kier alpha value is -5.91. The smallest absolute Gasteiger partial charge is 0.410 e. The van der Waals surface area contributed by atoms with Crippen LogP contribution in [-0.4, -0.2) is 55.7 Å². The molecule has 4 heterocycles. The van der Waals surface area contributed by atoms with Crippen molar-refractivity contribution < 1.29 is 28.6 Å². The number of benzene rings is 2. The molecule has 264 valence electrons. The second-order valence-corrected chi connectivity index (χ2v) is 14.3. The molecule has 3 N–H and O–H groups in total. The van der Waals surface area contributed by atoms with E-state index >= 15 is 0 Å². The van der Waals surface area contributed by atoms with E-state index in [1.165, 1.54) is 0 Å². The van der Waals surface area contributed by atoms with Crippen molar-refractivity contribution >= 4 is 34.9 Å². The van der Waals surface area contributed by atoms with E-state index in [1.54, 1.807) is 74.5 Å². The Balaban J connectivity index is 1.23. The second kappa shape index (κ2) is 14.1. The topological polar surface area (TPSA) is 148 Å². The highest BCUT2D eigenvalue weighted by Crippen LogP contribution is 2.38. The van der Waals surface area contributed by atoms with Crippen LogP contribution in [0.2, 0.25) is 0 Å². The van der Waals surface area contributed by atoms with Crippen molar-refractivity contribution in [2.75, 3.05) is 11.9 Å². The first kappa shape index (κ1) is 34.9. The summed E-state index contributed by atoms with van der Waals surface area (Å²) in [7, 11) is 0. The van der Waals surface area contributed by atoms with Crippen molar-refractivity contribution in [3.05, 3.63) is 102 Å². The van der Waals surface area contributed by atoms with E-state index < -0.39 is 29.2 Å². The predicted octanol–water partition coefficient (Wildman–Crippen LogP) is 7.91. The quantitative estimate of drug-likeness (QED) is 0.156. The second-order valence-electron chi connectivity index (χ2n) is 14.3. The molecule has 51 heavy (non-hydrogen) atoms. The molecule has 6 rings (SSSR count). The van der Waals surface area contributed by atoms with E-state index in [1.807, 2.05) is 57.3 Å². The molecular weight excluding hydrogens is 648 g/mol. The summed E-state index contributed by atoms with van der Waals surface area (Å²) >= 11 is 0. The molecule has 0 fully saturated rings. The zero-order valence-corrected chi connectivity index (χ0v) is 29.6. The molecule has 12 nitrogen and oxygen atoms in total. The molecule has 0 radical (unpaired) electrons. The summed E-state index contributed by atoms with van der Waals surface area (Å²) in [6.07, 6.45) is 4.76. The lowest BCUT2D eigenvalue weighted by atomic mass is 10.00. The number of hydrogen-bond donors (Lipinski definition) is 3. The average molecular weight is 691 g/mol. The third kappa shape index (κ3) is 8.64. The van der Waals surface area contributed by atoms with E-state index in [9.17, 15) is 14.4 Å². The minimum atomic E-state index is -1.03. The summed E-state index contributed by atoms with van der Waals surface area (Å²) in [6, 6.07) is 19.2. The number of hydrogen-bond acceptors (Lipinski definition) is 8. The number of alkyl carbamates (subject to hydrolysis) is 1. The van der Waals surface area contributed by atoms with Crippen molar-refractivity contribution in [1.29, 1.82) is 0 Å². The lowest BCUT2D eigenvalue weighted by Crippen LogP contribution is -2.40. The van der Waals surface area contributed by atoms with Crippen molar-refractivity contribution in [2.24, 2.45) is 0 Å². The molecule has 3 aromatic heterocycles. The summed E-state index contributed by atoms with van der Waals surface area (Å²) in [5.41, 5.74) is 3.57. The van der Waals surface area contributed by atoms with E-state index in [4.69, 9.17) is 14.2 Å². The van der Waals surface area contributed by atoms with E-state index in [-0.39, 0.29) is 11.9 Å². The van der Waals surface area contributed by atoms with Gasteiger partial charge in [0.05, 0.1) is 5.39 Å². The molecule has 0 saturated carbocycles. The fourth-order valence-electron chi connectivity index (χ4n) is 5.78. The Kier molecular flexibility index (Phi) is 9.69. The number of pyridine rings is 2. The summed E-state index contributed by atoms with van der Waals surface area (Å²) in [6.45, 7) is 11.8. The minimum Gasteiger partial charge on any atom is -0.457 e. The van der Waals surface area contributed by atoms with Gasteiger partial charge in [-0.3, -0.25) is 4.79 Å². The van der Waals surface area contributed by atoms with Crippen LogP contribution in [0.1, 0.15) is 64.3 Å². The van der Waals surface area contributed by atoms with Crippen LogP contribution in [0.15, 0.2) is 85.3 Å². The van der Waals surface area contributed by atoms with Gasteiger partial charge in [-0.1, -0.05) is 36.4 Å². The third-order valence-electron chi connectivity index (χ3n) is 7.98. The van der Waals surface area contributed by atoms with Crippen LogP contribution < -0.4 is 15.4 Å². The first-order valence-electron chi connectivity index (χ1n) is 16.8. The van der Waals surface area contributed by atoms with Crippen molar-refractivity contribution in [2.45, 2.75) is 71.8 Å². The number of aromatic nitrogens is 3. The Morgan fingerprint density at radius 2 is 1.61 bits per heavy atom. The monoisotopic (exact) mass is 690 g/mol. The molecular formula is C39H42N6O6. The van der Waals surface area contributed by atoms with Gasteiger partial charge < -0.3 is 34.7 Å². The fraction of sp³-hybridized carbons (Fsp3) is 0.308. The molecule has 2 aromatic carbocycles. The number of anilines is 1. The van der Waals surface area contributed by atoms with E-state index in [0.29, 0.717) is 35.8 Å². The number of rotatable bonds is 7. The van der Waals surface area contributed by atoms with Gasteiger partial charge in [0.15, 0.2) is 0 Å². The number of carbonyl (C=O) groups is 3. The molecule has 1 atom stereocenters. The Bertz CT molecular complexity index is 2060. The highest BCUT2D eigenvalue weighted by atomic mass is 16.6. The van der Waals surface area contributed by atoms with E-state index in [2.05, 4.69) is 25.6 Å². The van der Waals surface area contributed by atoms with Crippen molar-refractivity contribution in [3.63, 3.8) is 0 Å². The van der Waals surface area contributed by atoms with Crippen LogP contribution >= 0.6 is 0 Å². The highest BCUT2D eigenvalue weighted by Gasteiger charge is 2.28. The number of nitrogens with one attached hydrogen (secondary N) is 3. The fourth-order valence-corrected chi connectivity index (χ4v) is 5.78. The normalized spacial score (nSPS) is 13.6. The molecule has 1 unspecified atom stereocenters. The van der Waals surface area contributed by atoms with Crippen molar-refractivity contribution in [3.8, 4) is 22.6 Å². The van der Waals surface area contributed by atoms with Gasteiger partial charge in [0.25, 0.3) is 5.91 Å². The van der Waals surface area contributed by atoms with Crippen LogP contribution in [0.25, 0.3) is 22.2 Å². The van der Waals surface area contributed by atoms with Crippen LogP contribution in [0.5, 0.6) is 11.5 Å². The highest BCUT2D eigenvalue weighted by molar-refractivity contribution is 6.00. The van der Waals surface area contributed by atoms with Gasteiger partial charge in [-0.25, -0.2) is 19.6 Å². The van der Waals surface area contributed by atoms with Gasteiger partial charge in [0.1, 0.15) is 40.2 Å². The summed E-state index contributed by atoms with van der Waals surface area (Å²) in [4.78, 5) is 52.9. The number of ether oxygens (including phenoxy) is 3. The maximum absolute atomic E-state index is 13.6. The number of amides is 3. The van der Waals surface area contributed by atoms with Gasteiger partial charge in [0, 0.05) is 37.2 Å². The summed E-state index contributed by atoms with van der Waals surface area (Å²) in [5.74, 6) is 0.990. The third-order valence-corrected chi connectivity index (χ3v) is 7.98. The van der Waals surface area contributed by atoms with Crippen molar-refractivity contribution in [1.82, 2.24) is 25.2 Å². The maximum atomic E-state index is 13.6. The zero-order valence-electron chi connectivity index (χ0n) is 29.6. The molecule has 0 aliphatic carbocycles. The van der Waals surface area contributed by atoms with Crippen LogP contribution in [0.4, 0.5) is 15.4 Å². The summed E-state index contributed by atoms with van der Waals surface area (Å²) < 4.78 is 17.5. The largest absolute Gasteiger partial charge is 0.457 e. The standard InChI is InChI=1S/C39H42N6O6/c1-38(2,3)50-36(47)44-33(25-10-8-7-9-11-25)35(46)43-31-21-26(14-17-40-31)29-22-42-34-32(29)30(15-18-41-34)49-28-13-12-24-16-19-45(23-27(24)20-28)37(48)51-39(4,5)6/h7-15,17-18,20-22,33H,16,19,23H2,1-6H3,(H,41,42)(H,44,47)(H,40,43,46). The predicted molar refractivity (Wildman–Crippen MR) is 193 cm³/mol. The van der Waals surface area contributed by atoms with Crippen LogP contribution in [0.3, 0.4) is 0 Å². The average Bonchev–Trinajstić information content (AvgIpc) is 3.51. The molecule has 3 amide bonds. The van der Waals surface area contributed by atoms with E-state index in [0.717, 1.165) is 34.1 Å². The number of carbonyl (C=O) groups excluding carboxylic acids is 3. The number of H-pyrrole nitrogens is 1. The SMILES string of the molecule is CC(C)(C)OC(=O)NC(C(=O)Nc1cc(-c2c[nH]c3nccc(Oc4ccc5c(c4)CN(C(=O)OC(C)(C)C)CC5)c23)ccn1)c1ccccc1. The first-order valence-corrected chi connectivity index (χ1v) is 16.8. The van der Waals surface area contributed by atoms with Gasteiger partial charge in [-0.05, 0) is 101 Å². The molecule has 0 saturated heterocycles. The number of nitrogens with zero attached hydrogens (tertiary/aromatic N) is 3. The van der Waals surface area contributed by atoms with Gasteiger partial charge in [-0.15, -0.1) is 0 Å². The van der Waals surface area contributed by atoms with Crippen LogP contribution in [-0.2, 0) is 27.2 Å². The lowest BCUT2D eigenvalue weighted by Gasteiger charge is -2.31. The molecule has 1 aliphatic heterocycles. The van der Waals surface area contributed by atoms with Gasteiger partial charge >= 0.3 is 12.2 Å². The van der Waals surface area contributed by atoms with Gasteiger partial charge in [0.2, 0.25) is 0 Å². The maximum Gasteiger partial charge on any atom is 0.410 e. The first-order chi connectivity index (χ1) is 24.2. The zero-order chi connectivity index (χ0) is 36.3. The number of fused-ring (bicyclic) bond motifs is 2. The molecule has 1 aliphatic rings. The minimum absolute atomic E-state index is 0.286. The summed E-state index contributed by atoms with van der Waals surface area (Å²) in [5, 5.41) is 6.28. The molecule has 12 heteroatoms. The Labute approximate surface area is 296 Å². The Morgan fingerprint density at radius 3 is 2.35 bits per heavy atom. The number of aromatic amines is 1. The van der Waals surface area contributed by atoms with Gasteiger partial charge in [-0.2, -0.15) is 0 Å². The van der Waals surface area contributed by atoms with Crippen LogP contribution in [0, 0.1) is 0 Å². The molecule has 0 bridgehead atoms. The lowest BCUT2D eigenvalue weighted by molar-refractivity contribution is -0.118.